The highest BCUT2D eigenvalue weighted by Crippen LogP contribution is 2.46. The summed E-state index contributed by atoms with van der Waals surface area (Å²) in [7, 11) is -3.99. The van der Waals surface area contributed by atoms with Crippen LogP contribution in [0.5, 0.6) is 5.75 Å². The van der Waals surface area contributed by atoms with Gasteiger partial charge >= 0.3 is 0 Å². The summed E-state index contributed by atoms with van der Waals surface area (Å²) in [5.74, 6) is 0.119. The van der Waals surface area contributed by atoms with E-state index in [2.05, 4.69) is 21.8 Å². The molecule has 10 heteroatoms. The number of carbonyl (C=O) groups is 1. The van der Waals surface area contributed by atoms with Crippen LogP contribution in [-0.4, -0.2) is 63.7 Å². The number of nitrogens with zero attached hydrogens (tertiary/aromatic N) is 1. The molecule has 2 aromatic carbocycles. The zero-order valence-corrected chi connectivity index (χ0v) is 25.1. The van der Waals surface area contributed by atoms with Crippen LogP contribution in [0.3, 0.4) is 0 Å². The number of amides is 1. The second-order valence-electron chi connectivity index (χ2n) is 12.8. The summed E-state index contributed by atoms with van der Waals surface area (Å²) in [4.78, 5) is 15.7. The van der Waals surface area contributed by atoms with Gasteiger partial charge in [0.1, 0.15) is 11.0 Å². The van der Waals surface area contributed by atoms with Crippen LogP contribution in [-0.2, 0) is 26.6 Å². The van der Waals surface area contributed by atoms with Gasteiger partial charge in [0, 0.05) is 35.0 Å². The van der Waals surface area contributed by atoms with E-state index in [4.69, 9.17) is 21.1 Å². The minimum atomic E-state index is -3.99. The summed E-state index contributed by atoms with van der Waals surface area (Å²) in [6.45, 7) is 2.23. The van der Waals surface area contributed by atoms with Crippen molar-refractivity contribution in [2.24, 2.45) is 17.8 Å². The van der Waals surface area contributed by atoms with E-state index >= 15 is 0 Å². The lowest BCUT2D eigenvalue weighted by atomic mass is 9.68. The Morgan fingerprint density at radius 2 is 1.98 bits per heavy atom. The second-order valence-corrected chi connectivity index (χ2v) is 15.1. The molecule has 0 aromatic heterocycles. The number of fused-ring (bicyclic) bond motifs is 5. The first kappa shape index (κ1) is 28.2. The molecule has 224 valence electrons. The molecule has 5 aliphatic rings. The Labute approximate surface area is 252 Å². The van der Waals surface area contributed by atoms with Crippen LogP contribution >= 0.6 is 11.6 Å². The van der Waals surface area contributed by atoms with Gasteiger partial charge in [-0.1, -0.05) is 29.8 Å². The molecule has 2 aliphatic carbocycles. The summed E-state index contributed by atoms with van der Waals surface area (Å²) in [6, 6.07) is 11.3. The minimum absolute atomic E-state index is 0.0367. The average Bonchev–Trinajstić information content (AvgIpc) is 3.37. The topological polar surface area (TPSA) is 105 Å². The summed E-state index contributed by atoms with van der Waals surface area (Å²) in [5, 5.41) is 11.0. The number of nitrogens with one attached hydrogen (secondary N) is 1. The molecule has 3 heterocycles. The molecule has 1 saturated carbocycles. The molecule has 1 amide bonds. The molecular formula is C32H37ClN2O6S. The molecule has 1 spiro atoms. The second kappa shape index (κ2) is 10.8. The van der Waals surface area contributed by atoms with Crippen LogP contribution in [0, 0.1) is 17.8 Å². The zero-order valence-electron chi connectivity index (χ0n) is 23.5. The third-order valence-corrected chi connectivity index (χ3v) is 12.2. The van der Waals surface area contributed by atoms with Crippen LogP contribution in [0.25, 0.3) is 0 Å². The quantitative estimate of drug-likeness (QED) is 0.429. The first-order chi connectivity index (χ1) is 20.2. The molecule has 2 bridgehead atoms. The number of aliphatic hydroxyl groups excluding tert-OH is 1. The molecule has 2 N–H and O–H groups in total. The fourth-order valence-corrected chi connectivity index (χ4v) is 9.44. The smallest absolute Gasteiger partial charge is 0.264 e. The van der Waals surface area contributed by atoms with Gasteiger partial charge in [0.15, 0.2) is 0 Å². The van der Waals surface area contributed by atoms with E-state index in [1.54, 1.807) is 18.2 Å². The number of anilines is 1. The predicted octanol–water partition coefficient (Wildman–Crippen LogP) is 4.23. The molecule has 1 saturated heterocycles. The highest BCUT2D eigenvalue weighted by Gasteiger charge is 2.45. The first-order valence-corrected chi connectivity index (χ1v) is 16.9. The molecule has 6 atom stereocenters. The molecule has 2 fully saturated rings. The summed E-state index contributed by atoms with van der Waals surface area (Å²) < 4.78 is 41.0. The van der Waals surface area contributed by atoms with E-state index in [9.17, 15) is 18.3 Å². The van der Waals surface area contributed by atoms with Gasteiger partial charge in [-0.25, -0.2) is 13.1 Å². The van der Waals surface area contributed by atoms with E-state index in [1.165, 1.54) is 11.1 Å². The third-order valence-electron chi connectivity index (χ3n) is 10.2. The number of aliphatic hydroxyl groups is 1. The van der Waals surface area contributed by atoms with E-state index in [0.717, 1.165) is 42.8 Å². The van der Waals surface area contributed by atoms with Crippen molar-refractivity contribution >= 4 is 33.2 Å². The maximum absolute atomic E-state index is 13.4. The van der Waals surface area contributed by atoms with Crippen molar-refractivity contribution in [3.8, 4) is 5.75 Å². The molecular weight excluding hydrogens is 576 g/mol. The van der Waals surface area contributed by atoms with Crippen LogP contribution in [0.4, 0.5) is 5.69 Å². The molecule has 2 aromatic rings. The average molecular weight is 613 g/mol. The first-order valence-electron chi connectivity index (χ1n) is 15.0. The number of sulfonamides is 1. The number of benzene rings is 2. The Balaban J connectivity index is 1.29. The SMILES string of the molecule is O=C1NS(=O)(=O)[C@@H]2COC[C@H]2C/C=C\[C@H](O)[C@@H]2CC[C@H]2CN2C[C@@]3(CCCc4cc(Cl)ccc43)COc3ccc1cc32. The maximum atomic E-state index is 13.4. The fraction of sp³-hybridized carbons (Fsp3) is 0.531. The zero-order chi connectivity index (χ0) is 29.1. The van der Waals surface area contributed by atoms with Gasteiger partial charge in [-0.2, -0.15) is 0 Å². The van der Waals surface area contributed by atoms with Gasteiger partial charge in [0.2, 0.25) is 10.0 Å². The lowest BCUT2D eigenvalue weighted by molar-refractivity contribution is 0.0455. The highest BCUT2D eigenvalue weighted by atomic mass is 35.5. The Bertz CT molecular complexity index is 1530. The van der Waals surface area contributed by atoms with Crippen LogP contribution in [0.2, 0.25) is 5.02 Å². The maximum Gasteiger partial charge on any atom is 0.264 e. The Hall–Kier alpha value is -2.59. The summed E-state index contributed by atoms with van der Waals surface area (Å²) in [5.41, 5.74) is 3.29. The standard InChI is InChI=1S/C32H37ClN2O6S/c33-24-8-10-26-20(13-24)4-2-12-32(26)18-35-15-22-6-9-25(22)28(36)5-1-3-23-16-40-17-30(23)42(38,39)34-31(37)21-7-11-29(41-19-32)27(35)14-21/h1,5,7-8,10-11,13-14,22-23,25,28,30,36H,2-4,6,9,12,15-19H2,(H,34,37)/b5-1-/t22-,23+,25+,28-,30+,32-/m0/s1. The van der Waals surface area contributed by atoms with Gasteiger partial charge in [0.25, 0.3) is 5.91 Å². The van der Waals surface area contributed by atoms with E-state index in [1.807, 2.05) is 18.2 Å². The number of allylic oxidation sites excluding steroid dienone is 1. The summed E-state index contributed by atoms with van der Waals surface area (Å²) in [6.07, 6.45) is 8.47. The number of carbonyl (C=O) groups excluding carboxylic acids is 1. The monoisotopic (exact) mass is 612 g/mol. The van der Waals surface area contributed by atoms with Crippen molar-refractivity contribution in [2.45, 2.75) is 55.3 Å². The molecule has 42 heavy (non-hydrogen) atoms. The van der Waals surface area contributed by atoms with E-state index in [-0.39, 0.29) is 35.3 Å². The van der Waals surface area contributed by atoms with Crippen molar-refractivity contribution in [3.63, 3.8) is 0 Å². The van der Waals surface area contributed by atoms with Crippen molar-refractivity contribution in [2.75, 3.05) is 37.8 Å². The van der Waals surface area contributed by atoms with Gasteiger partial charge < -0.3 is 19.5 Å². The van der Waals surface area contributed by atoms with E-state index in [0.29, 0.717) is 38.5 Å². The Kier molecular flexibility index (Phi) is 7.28. The number of halogens is 1. The van der Waals surface area contributed by atoms with Crippen molar-refractivity contribution in [1.82, 2.24) is 4.72 Å². The lowest BCUT2D eigenvalue weighted by Gasteiger charge is -2.45. The van der Waals surface area contributed by atoms with E-state index < -0.39 is 27.3 Å². The lowest BCUT2D eigenvalue weighted by Crippen LogP contribution is -2.49. The molecule has 7 rings (SSSR count). The largest absolute Gasteiger partial charge is 0.490 e. The fourth-order valence-electron chi connectivity index (χ4n) is 7.75. The predicted molar refractivity (Wildman–Crippen MR) is 161 cm³/mol. The molecule has 8 nitrogen and oxygen atoms in total. The van der Waals surface area contributed by atoms with Crippen molar-refractivity contribution < 1.29 is 27.8 Å². The van der Waals surface area contributed by atoms with Crippen molar-refractivity contribution in [1.29, 1.82) is 0 Å². The van der Waals surface area contributed by atoms with Gasteiger partial charge in [-0.05, 0) is 91.8 Å². The summed E-state index contributed by atoms with van der Waals surface area (Å²) >= 11 is 6.38. The Morgan fingerprint density at radius 3 is 2.81 bits per heavy atom. The Morgan fingerprint density at radius 1 is 1.10 bits per heavy atom. The minimum Gasteiger partial charge on any atom is -0.490 e. The number of aryl methyl sites for hydroxylation is 1. The van der Waals surface area contributed by atoms with Crippen LogP contribution in [0.15, 0.2) is 48.6 Å². The van der Waals surface area contributed by atoms with Gasteiger partial charge in [-0.15, -0.1) is 0 Å². The number of rotatable bonds is 0. The van der Waals surface area contributed by atoms with Gasteiger partial charge in [0.05, 0.1) is 31.6 Å². The highest BCUT2D eigenvalue weighted by molar-refractivity contribution is 7.90. The number of hydrogen-bond donors (Lipinski definition) is 2. The van der Waals surface area contributed by atoms with Crippen LogP contribution < -0.4 is 14.4 Å². The number of hydrogen-bond acceptors (Lipinski definition) is 7. The molecule has 0 radical (unpaired) electrons. The number of ether oxygens (including phenoxy) is 2. The van der Waals surface area contributed by atoms with Crippen molar-refractivity contribution in [3.05, 3.63) is 70.3 Å². The van der Waals surface area contributed by atoms with Crippen LogP contribution in [0.1, 0.15) is 53.6 Å². The molecule has 0 unspecified atom stereocenters. The molecule has 3 aliphatic heterocycles. The van der Waals surface area contributed by atoms with Gasteiger partial charge in [-0.3, -0.25) is 4.79 Å². The third kappa shape index (κ3) is 5.02. The normalized spacial score (nSPS) is 34.6.